The van der Waals surface area contributed by atoms with Crippen LogP contribution in [0.4, 0.5) is 0 Å². The summed E-state index contributed by atoms with van der Waals surface area (Å²) in [4.78, 5) is 29.0. The minimum atomic E-state index is -0.0445. The van der Waals surface area contributed by atoms with Gasteiger partial charge >= 0.3 is 0 Å². The fraction of sp³-hybridized carbons (Fsp3) is 0.550. The summed E-state index contributed by atoms with van der Waals surface area (Å²) in [6.45, 7) is 2.09. The molecule has 1 aromatic heterocycles. The Hall–Kier alpha value is -2.41. The van der Waals surface area contributed by atoms with Crippen molar-refractivity contribution >= 4 is 22.8 Å². The van der Waals surface area contributed by atoms with Crippen molar-refractivity contribution < 1.29 is 14.3 Å². The molecule has 7 nitrogen and oxygen atoms in total. The zero-order chi connectivity index (χ0) is 18.6. The van der Waals surface area contributed by atoms with Gasteiger partial charge in [-0.1, -0.05) is 12.1 Å². The maximum atomic E-state index is 12.5. The van der Waals surface area contributed by atoms with Crippen LogP contribution in [0, 0.1) is 5.92 Å². The van der Waals surface area contributed by atoms with E-state index in [1.165, 1.54) is 0 Å². The Morgan fingerprint density at radius 3 is 2.81 bits per heavy atom. The third-order valence-corrected chi connectivity index (χ3v) is 5.18. The second-order valence-corrected chi connectivity index (χ2v) is 7.36. The number of nitrogens with zero attached hydrogens (tertiary/aromatic N) is 2. The van der Waals surface area contributed by atoms with Gasteiger partial charge in [-0.15, -0.1) is 0 Å². The molecule has 1 unspecified atom stereocenters. The smallest absolute Gasteiger partial charge is 0.240 e. The van der Waals surface area contributed by atoms with Gasteiger partial charge in [-0.25, -0.2) is 4.98 Å². The van der Waals surface area contributed by atoms with Crippen LogP contribution in [0.2, 0.25) is 0 Å². The van der Waals surface area contributed by atoms with Gasteiger partial charge in [-0.2, -0.15) is 0 Å². The molecule has 2 aromatic rings. The Morgan fingerprint density at radius 1 is 1.19 bits per heavy atom. The van der Waals surface area contributed by atoms with Crippen molar-refractivity contribution in [2.45, 2.75) is 44.8 Å². The van der Waals surface area contributed by atoms with Gasteiger partial charge in [0.2, 0.25) is 11.8 Å². The van der Waals surface area contributed by atoms with E-state index in [0.29, 0.717) is 19.5 Å². The monoisotopic (exact) mass is 370 g/mol. The first kappa shape index (κ1) is 18.0. The third kappa shape index (κ3) is 4.47. The number of hydrogen-bond donors (Lipinski definition) is 2. The molecular formula is C20H26N4O3. The van der Waals surface area contributed by atoms with Crippen molar-refractivity contribution in [3.8, 4) is 0 Å². The van der Waals surface area contributed by atoms with Crippen LogP contribution in [0.15, 0.2) is 24.3 Å². The van der Waals surface area contributed by atoms with Crippen LogP contribution in [0.1, 0.15) is 31.5 Å². The summed E-state index contributed by atoms with van der Waals surface area (Å²) in [6.07, 6.45) is 4.78. The normalized spacial score (nSPS) is 19.3. The molecule has 1 aliphatic carbocycles. The highest BCUT2D eigenvalue weighted by atomic mass is 16.5. The van der Waals surface area contributed by atoms with Gasteiger partial charge in [0.1, 0.15) is 12.4 Å². The number of fused-ring (bicyclic) bond motifs is 1. The Bertz CT molecular complexity index is 822. The van der Waals surface area contributed by atoms with Gasteiger partial charge in [0, 0.05) is 32.0 Å². The molecule has 1 saturated heterocycles. The first-order chi connectivity index (χ1) is 13.2. The van der Waals surface area contributed by atoms with Crippen LogP contribution in [0.3, 0.4) is 0 Å². The zero-order valence-corrected chi connectivity index (χ0v) is 15.4. The summed E-state index contributed by atoms with van der Waals surface area (Å²) in [5.41, 5.74) is 1.81. The number of imidazole rings is 1. The number of aromatic nitrogens is 2. The highest BCUT2D eigenvalue weighted by Crippen LogP contribution is 2.28. The lowest BCUT2D eigenvalue weighted by Gasteiger charge is -2.13. The Labute approximate surface area is 158 Å². The lowest BCUT2D eigenvalue weighted by atomic mass is 10.2. The zero-order valence-electron chi connectivity index (χ0n) is 15.4. The van der Waals surface area contributed by atoms with Crippen LogP contribution >= 0.6 is 0 Å². The van der Waals surface area contributed by atoms with E-state index in [1.54, 1.807) is 0 Å². The van der Waals surface area contributed by atoms with Crippen molar-refractivity contribution in [2.75, 3.05) is 19.7 Å². The van der Waals surface area contributed by atoms with Crippen LogP contribution in [-0.2, 0) is 27.3 Å². The Kier molecular flexibility index (Phi) is 5.38. The SMILES string of the molecule is O=C(Cn1c(CCNC(=O)C2CC2)nc2ccccc21)NCC1CCCO1. The van der Waals surface area contributed by atoms with Crippen molar-refractivity contribution in [1.82, 2.24) is 20.2 Å². The summed E-state index contributed by atoms with van der Waals surface area (Å²) in [7, 11) is 0. The Balaban J connectivity index is 1.40. The first-order valence-electron chi connectivity index (χ1n) is 9.81. The average molecular weight is 370 g/mol. The molecule has 0 spiro atoms. The van der Waals surface area contributed by atoms with Crippen molar-refractivity contribution in [2.24, 2.45) is 5.92 Å². The quantitative estimate of drug-likeness (QED) is 0.736. The van der Waals surface area contributed by atoms with E-state index < -0.39 is 0 Å². The molecule has 2 amide bonds. The highest BCUT2D eigenvalue weighted by molar-refractivity contribution is 5.82. The van der Waals surface area contributed by atoms with Gasteiger partial charge in [-0.3, -0.25) is 9.59 Å². The molecule has 4 rings (SSSR count). The molecule has 2 N–H and O–H groups in total. The Morgan fingerprint density at radius 2 is 2.04 bits per heavy atom. The van der Waals surface area contributed by atoms with E-state index in [9.17, 15) is 9.59 Å². The van der Waals surface area contributed by atoms with E-state index in [2.05, 4.69) is 15.6 Å². The molecular weight excluding hydrogens is 344 g/mol. The fourth-order valence-electron chi connectivity index (χ4n) is 3.51. The van der Waals surface area contributed by atoms with Crippen molar-refractivity contribution in [3.05, 3.63) is 30.1 Å². The van der Waals surface area contributed by atoms with Crippen molar-refractivity contribution in [1.29, 1.82) is 0 Å². The van der Waals surface area contributed by atoms with Crippen molar-refractivity contribution in [3.63, 3.8) is 0 Å². The van der Waals surface area contributed by atoms with E-state index in [4.69, 9.17) is 4.74 Å². The van der Waals surface area contributed by atoms with E-state index in [0.717, 1.165) is 49.1 Å². The number of nitrogens with one attached hydrogen (secondary N) is 2. The summed E-state index contributed by atoms with van der Waals surface area (Å²) < 4.78 is 7.51. The van der Waals surface area contributed by atoms with Crippen LogP contribution < -0.4 is 10.6 Å². The van der Waals surface area contributed by atoms with E-state index >= 15 is 0 Å². The lowest BCUT2D eigenvalue weighted by Crippen LogP contribution is -2.34. The predicted molar refractivity (Wildman–Crippen MR) is 101 cm³/mol. The van der Waals surface area contributed by atoms with Gasteiger partial charge in [0.25, 0.3) is 0 Å². The molecule has 7 heteroatoms. The molecule has 2 aliphatic rings. The van der Waals surface area contributed by atoms with Crippen LogP contribution in [0.25, 0.3) is 11.0 Å². The molecule has 2 fully saturated rings. The minimum Gasteiger partial charge on any atom is -0.376 e. The third-order valence-electron chi connectivity index (χ3n) is 5.18. The average Bonchev–Trinajstić information content (AvgIpc) is 3.29. The second kappa shape index (κ2) is 8.08. The topological polar surface area (TPSA) is 85.2 Å². The second-order valence-electron chi connectivity index (χ2n) is 7.36. The largest absolute Gasteiger partial charge is 0.376 e. The maximum Gasteiger partial charge on any atom is 0.240 e. The van der Waals surface area contributed by atoms with Gasteiger partial charge in [0.05, 0.1) is 17.1 Å². The minimum absolute atomic E-state index is 0.0445. The summed E-state index contributed by atoms with van der Waals surface area (Å²) in [5.74, 6) is 1.11. The van der Waals surface area contributed by atoms with Gasteiger partial charge < -0.3 is 19.9 Å². The maximum absolute atomic E-state index is 12.5. The molecule has 144 valence electrons. The summed E-state index contributed by atoms with van der Waals surface area (Å²) in [6, 6.07) is 7.81. The van der Waals surface area contributed by atoms with Crippen LogP contribution in [-0.4, -0.2) is 47.2 Å². The molecule has 2 heterocycles. The fourth-order valence-corrected chi connectivity index (χ4v) is 3.51. The molecule has 1 aromatic carbocycles. The summed E-state index contributed by atoms with van der Waals surface area (Å²) >= 11 is 0. The number of ether oxygens (including phenoxy) is 1. The summed E-state index contributed by atoms with van der Waals surface area (Å²) in [5, 5.41) is 5.94. The molecule has 1 saturated carbocycles. The number of rotatable bonds is 8. The van der Waals surface area contributed by atoms with Crippen LogP contribution in [0.5, 0.6) is 0 Å². The first-order valence-corrected chi connectivity index (χ1v) is 9.81. The number of amides is 2. The number of carbonyl (C=O) groups is 2. The number of hydrogen-bond acceptors (Lipinski definition) is 4. The number of para-hydroxylation sites is 2. The molecule has 1 atom stereocenters. The lowest BCUT2D eigenvalue weighted by molar-refractivity contribution is -0.123. The standard InChI is InChI=1S/C20H26N4O3/c25-19(22-12-15-4-3-11-27-15)13-24-17-6-2-1-5-16(17)23-18(24)9-10-21-20(26)14-7-8-14/h1-2,5-6,14-15H,3-4,7-13H2,(H,21,26)(H,22,25). The van der Waals surface area contributed by atoms with Gasteiger partial charge in [-0.05, 0) is 37.8 Å². The number of carbonyl (C=O) groups excluding carboxylic acids is 2. The molecule has 0 bridgehead atoms. The van der Waals surface area contributed by atoms with E-state index in [1.807, 2.05) is 28.8 Å². The molecule has 27 heavy (non-hydrogen) atoms. The molecule has 1 aliphatic heterocycles. The highest BCUT2D eigenvalue weighted by Gasteiger charge is 2.29. The predicted octanol–water partition coefficient (Wildman–Crippen LogP) is 1.40. The van der Waals surface area contributed by atoms with E-state index in [-0.39, 0.29) is 30.4 Å². The number of benzene rings is 1. The molecule has 0 radical (unpaired) electrons. The van der Waals surface area contributed by atoms with Gasteiger partial charge in [0.15, 0.2) is 0 Å².